The number of Topliss-reactive ketones (excluding diaryl/α,β-unsaturated/α-hetero) is 1. The Kier molecular flexibility index (Phi) is 16.2. The number of amides is 1. The van der Waals surface area contributed by atoms with Crippen LogP contribution in [0.2, 0.25) is 0 Å². The molecule has 0 bridgehead atoms. The number of benzene rings is 1. The van der Waals surface area contributed by atoms with Crippen molar-refractivity contribution in [3.8, 4) is 5.75 Å². The van der Waals surface area contributed by atoms with Crippen molar-refractivity contribution in [1.29, 1.82) is 0 Å². The van der Waals surface area contributed by atoms with Crippen LogP contribution in [0, 0.1) is 5.92 Å². The summed E-state index contributed by atoms with van der Waals surface area (Å²) in [5, 5.41) is 6.81. The second-order valence-electron chi connectivity index (χ2n) is 12.5. The average Bonchev–Trinajstić information content (AvgIpc) is 3.02. The summed E-state index contributed by atoms with van der Waals surface area (Å²) in [5.74, 6) is 3.30. The van der Waals surface area contributed by atoms with E-state index in [4.69, 9.17) is 23.9 Å². The molecule has 2 saturated carbocycles. The predicted octanol–water partition coefficient (Wildman–Crippen LogP) is 6.13. The number of unbranched alkanes of at least 4 members (excludes halogenated alkanes) is 1. The lowest BCUT2D eigenvalue weighted by atomic mass is 9.81. The van der Waals surface area contributed by atoms with Crippen molar-refractivity contribution in [3.63, 3.8) is 0 Å². The summed E-state index contributed by atoms with van der Waals surface area (Å²) in [6, 6.07) is 7.81. The summed E-state index contributed by atoms with van der Waals surface area (Å²) in [4.78, 5) is 34.9. The monoisotopic (exact) mass is 653 g/mol. The van der Waals surface area contributed by atoms with E-state index < -0.39 is 0 Å². The molecule has 2 aromatic rings. The second-order valence-corrected chi connectivity index (χ2v) is 12.5. The van der Waals surface area contributed by atoms with Crippen molar-refractivity contribution in [2.45, 2.75) is 83.5 Å². The quantitative estimate of drug-likeness (QED) is 0.121. The van der Waals surface area contributed by atoms with E-state index in [1.165, 1.54) is 6.42 Å². The SMILES string of the molecule is CCC(=O)COCCCOCCCCOCCCOc1ccc(Nc2ncc(C3CCC3)c(NCCN(C)C(=O)C3CCC3)n2)cc1. The summed E-state index contributed by atoms with van der Waals surface area (Å²) in [5.41, 5.74) is 2.04. The number of nitrogens with one attached hydrogen (secondary N) is 2. The molecule has 0 saturated heterocycles. The van der Waals surface area contributed by atoms with Crippen LogP contribution in [0.15, 0.2) is 30.5 Å². The van der Waals surface area contributed by atoms with Gasteiger partial charge < -0.3 is 34.5 Å². The first kappa shape index (κ1) is 36.6. The van der Waals surface area contributed by atoms with Crippen LogP contribution in [0.25, 0.3) is 0 Å². The molecule has 2 N–H and O–H groups in total. The van der Waals surface area contributed by atoms with Crippen LogP contribution in [-0.4, -0.2) is 92.9 Å². The lowest BCUT2D eigenvalue weighted by molar-refractivity contribution is -0.136. The van der Waals surface area contributed by atoms with Crippen molar-refractivity contribution in [2.24, 2.45) is 5.92 Å². The van der Waals surface area contributed by atoms with Gasteiger partial charge in [0, 0.05) is 89.4 Å². The Balaban J connectivity index is 1.07. The van der Waals surface area contributed by atoms with Crippen LogP contribution in [-0.2, 0) is 23.8 Å². The Morgan fingerprint density at radius 2 is 1.53 bits per heavy atom. The first-order chi connectivity index (χ1) is 23.0. The van der Waals surface area contributed by atoms with Gasteiger partial charge in [-0.3, -0.25) is 9.59 Å². The number of ketones is 1. The molecule has 11 heteroatoms. The van der Waals surface area contributed by atoms with E-state index >= 15 is 0 Å². The second kappa shape index (κ2) is 20.8. The Hall–Kier alpha value is -3.28. The van der Waals surface area contributed by atoms with Gasteiger partial charge in [-0.15, -0.1) is 0 Å². The number of aromatic nitrogens is 2. The highest BCUT2D eigenvalue weighted by molar-refractivity contribution is 5.79. The van der Waals surface area contributed by atoms with Crippen LogP contribution in [0.3, 0.4) is 0 Å². The number of likely N-dealkylation sites (N-methyl/N-ethyl adjacent to an activating group) is 1. The van der Waals surface area contributed by atoms with E-state index in [0.717, 1.165) is 80.6 Å². The molecule has 0 atom stereocenters. The van der Waals surface area contributed by atoms with Crippen LogP contribution in [0.5, 0.6) is 5.75 Å². The minimum absolute atomic E-state index is 0.134. The number of hydrogen-bond acceptors (Lipinski definition) is 10. The first-order valence-electron chi connectivity index (χ1n) is 17.6. The highest BCUT2D eigenvalue weighted by atomic mass is 16.5. The van der Waals surface area contributed by atoms with Gasteiger partial charge in [-0.2, -0.15) is 4.98 Å². The topological polar surface area (TPSA) is 124 Å². The van der Waals surface area contributed by atoms with E-state index in [1.807, 2.05) is 49.3 Å². The van der Waals surface area contributed by atoms with E-state index in [1.54, 1.807) is 0 Å². The van der Waals surface area contributed by atoms with E-state index in [0.29, 0.717) is 71.0 Å². The van der Waals surface area contributed by atoms with Gasteiger partial charge in [0.05, 0.1) is 6.61 Å². The fraction of sp³-hybridized carbons (Fsp3) is 0.667. The molecule has 11 nitrogen and oxygen atoms in total. The third-order valence-corrected chi connectivity index (χ3v) is 8.81. The van der Waals surface area contributed by atoms with Crippen molar-refractivity contribution >= 4 is 29.1 Å². The summed E-state index contributed by atoms with van der Waals surface area (Å²) in [6.45, 7) is 7.23. The smallest absolute Gasteiger partial charge is 0.229 e. The van der Waals surface area contributed by atoms with E-state index in [9.17, 15) is 9.59 Å². The van der Waals surface area contributed by atoms with Crippen molar-refractivity contribution in [3.05, 3.63) is 36.0 Å². The largest absolute Gasteiger partial charge is 0.494 e. The van der Waals surface area contributed by atoms with Crippen molar-refractivity contribution < 1.29 is 28.5 Å². The first-order valence-corrected chi connectivity index (χ1v) is 17.6. The molecule has 2 fully saturated rings. The van der Waals surface area contributed by atoms with Gasteiger partial charge in [0.15, 0.2) is 5.78 Å². The molecule has 0 aliphatic heterocycles. The number of nitrogens with zero attached hydrogens (tertiary/aromatic N) is 3. The molecule has 4 rings (SSSR count). The number of hydrogen-bond donors (Lipinski definition) is 2. The Morgan fingerprint density at radius 3 is 2.17 bits per heavy atom. The number of rotatable bonds is 25. The zero-order valence-electron chi connectivity index (χ0n) is 28.5. The average molecular weight is 654 g/mol. The number of anilines is 3. The molecule has 1 heterocycles. The molecule has 1 aromatic carbocycles. The molecule has 1 aromatic heterocycles. The summed E-state index contributed by atoms with van der Waals surface area (Å²) < 4.78 is 22.5. The molecule has 1 amide bonds. The molecule has 0 radical (unpaired) electrons. The molecule has 47 heavy (non-hydrogen) atoms. The van der Waals surface area contributed by atoms with Crippen LogP contribution in [0.1, 0.15) is 89.0 Å². The maximum absolute atomic E-state index is 12.5. The lowest BCUT2D eigenvalue weighted by Crippen LogP contribution is -2.38. The molecule has 2 aliphatic carbocycles. The minimum atomic E-state index is 0.134. The standard InChI is InChI=1S/C36H55N5O6/c1-3-31(42)27-46-24-8-22-44-20-4-5-21-45-23-9-25-47-32-16-14-30(15-17-32)39-36-38-26-33(28-10-6-11-28)34(40-36)37-18-19-41(2)35(43)29-12-7-13-29/h14-17,26,28-29H,3-13,18-25,27H2,1-2H3,(H2,37,38,39,40). The molecule has 260 valence electrons. The molecule has 0 spiro atoms. The maximum Gasteiger partial charge on any atom is 0.229 e. The third kappa shape index (κ3) is 13.0. The number of ether oxygens (including phenoxy) is 4. The number of carbonyl (C=O) groups excluding carboxylic acids is 2. The van der Waals surface area contributed by atoms with Gasteiger partial charge in [0.1, 0.15) is 18.2 Å². The zero-order valence-corrected chi connectivity index (χ0v) is 28.5. The highest BCUT2D eigenvalue weighted by Crippen LogP contribution is 2.39. The van der Waals surface area contributed by atoms with Gasteiger partial charge in [-0.25, -0.2) is 4.98 Å². The Morgan fingerprint density at radius 1 is 0.872 bits per heavy atom. The van der Waals surface area contributed by atoms with Gasteiger partial charge >= 0.3 is 0 Å². The predicted molar refractivity (Wildman–Crippen MR) is 184 cm³/mol. The van der Waals surface area contributed by atoms with Gasteiger partial charge in [-0.05, 0) is 75.1 Å². The fourth-order valence-electron chi connectivity index (χ4n) is 5.31. The van der Waals surface area contributed by atoms with E-state index in [-0.39, 0.29) is 24.2 Å². The van der Waals surface area contributed by atoms with Gasteiger partial charge in [0.25, 0.3) is 0 Å². The Bertz CT molecular complexity index is 1200. The van der Waals surface area contributed by atoms with Gasteiger partial charge in [-0.1, -0.05) is 19.8 Å². The third-order valence-electron chi connectivity index (χ3n) is 8.81. The molecule has 2 aliphatic rings. The van der Waals surface area contributed by atoms with Crippen LogP contribution in [0.4, 0.5) is 17.5 Å². The summed E-state index contributed by atoms with van der Waals surface area (Å²) in [6.07, 6.45) is 12.8. The van der Waals surface area contributed by atoms with Crippen molar-refractivity contribution in [2.75, 3.05) is 77.0 Å². The normalized spacial score (nSPS) is 14.7. The molecular formula is C36H55N5O6. The van der Waals surface area contributed by atoms with Gasteiger partial charge in [0.2, 0.25) is 11.9 Å². The fourth-order valence-corrected chi connectivity index (χ4v) is 5.31. The molecular weight excluding hydrogens is 598 g/mol. The number of carbonyl (C=O) groups is 2. The Labute approximate surface area is 280 Å². The highest BCUT2D eigenvalue weighted by Gasteiger charge is 2.28. The lowest BCUT2D eigenvalue weighted by Gasteiger charge is -2.30. The maximum atomic E-state index is 12.5. The van der Waals surface area contributed by atoms with E-state index in [2.05, 4.69) is 15.6 Å². The summed E-state index contributed by atoms with van der Waals surface area (Å²) >= 11 is 0. The van der Waals surface area contributed by atoms with Crippen LogP contribution >= 0.6 is 0 Å². The molecule has 0 unspecified atom stereocenters. The van der Waals surface area contributed by atoms with Crippen molar-refractivity contribution in [1.82, 2.24) is 14.9 Å². The van der Waals surface area contributed by atoms with Crippen LogP contribution < -0.4 is 15.4 Å². The summed E-state index contributed by atoms with van der Waals surface area (Å²) in [7, 11) is 1.89. The minimum Gasteiger partial charge on any atom is -0.494 e. The zero-order chi connectivity index (χ0) is 33.1.